The number of anilines is 1. The summed E-state index contributed by atoms with van der Waals surface area (Å²) in [7, 11) is 3.31. The van der Waals surface area contributed by atoms with Crippen molar-refractivity contribution < 1.29 is 24.3 Å². The number of aromatic hydroxyl groups is 1. The maximum Gasteiger partial charge on any atom is 0.277 e. The Kier molecular flexibility index (Phi) is 5.99. The van der Waals surface area contributed by atoms with E-state index in [0.717, 1.165) is 62.9 Å². The van der Waals surface area contributed by atoms with Gasteiger partial charge in [-0.05, 0) is 42.0 Å². The van der Waals surface area contributed by atoms with E-state index < -0.39 is 0 Å². The van der Waals surface area contributed by atoms with E-state index >= 15 is 0 Å². The van der Waals surface area contributed by atoms with Crippen molar-refractivity contribution in [3.8, 4) is 17.2 Å². The molecule has 4 rings (SSSR count). The zero-order chi connectivity index (χ0) is 21.1. The normalized spacial score (nSPS) is 18.7. The van der Waals surface area contributed by atoms with E-state index in [1.54, 1.807) is 26.4 Å². The number of phenols is 1. The zero-order valence-corrected chi connectivity index (χ0v) is 17.7. The number of phenolic OH excluding ortho intramolecular Hbond substituents is 1. The number of methoxy groups -OCH3 is 2. The van der Waals surface area contributed by atoms with E-state index in [4.69, 9.17) is 9.47 Å². The molecule has 1 amide bonds. The zero-order valence-electron chi connectivity index (χ0n) is 17.7. The van der Waals surface area contributed by atoms with E-state index in [2.05, 4.69) is 11.0 Å². The van der Waals surface area contributed by atoms with Crippen LogP contribution in [0.4, 0.5) is 5.69 Å². The van der Waals surface area contributed by atoms with Gasteiger partial charge in [0.2, 0.25) is 0 Å². The van der Waals surface area contributed by atoms with Crippen molar-refractivity contribution in [2.24, 2.45) is 0 Å². The summed E-state index contributed by atoms with van der Waals surface area (Å²) in [5.74, 6) is 2.01. The number of amides is 1. The third-order valence-electron chi connectivity index (χ3n) is 6.14. The van der Waals surface area contributed by atoms with Gasteiger partial charge in [0, 0.05) is 43.9 Å². The van der Waals surface area contributed by atoms with Crippen molar-refractivity contribution in [2.45, 2.75) is 13.0 Å². The molecule has 1 unspecified atom stereocenters. The highest BCUT2D eigenvalue weighted by Gasteiger charge is 2.28. The molecule has 2 aromatic rings. The second kappa shape index (κ2) is 8.83. The average Bonchev–Trinajstić information content (AvgIpc) is 2.78. The first-order valence-corrected chi connectivity index (χ1v) is 10.5. The number of nitrogens with zero attached hydrogens (tertiary/aromatic N) is 2. The quantitative estimate of drug-likeness (QED) is 0.757. The standard InChI is InChI=1S/C23H29N3O4/c1-29-21-13-17-7-8-24(15-18(17)14-22(21)30-2)16-23(28)26-11-9-25(10-12-26)19-3-5-20(27)6-4-19/h3-6,13-14,27H,7-12,15-16H2,1-2H3/p+1. The smallest absolute Gasteiger partial charge is 0.277 e. The molecule has 0 aromatic heterocycles. The number of fused-ring (bicyclic) bond motifs is 1. The van der Waals surface area contributed by atoms with Crippen LogP contribution in [0.1, 0.15) is 11.1 Å². The van der Waals surface area contributed by atoms with Crippen LogP contribution in [0, 0.1) is 0 Å². The van der Waals surface area contributed by atoms with Gasteiger partial charge in [-0.25, -0.2) is 0 Å². The first kappa shape index (κ1) is 20.3. The van der Waals surface area contributed by atoms with E-state index in [1.807, 2.05) is 23.1 Å². The summed E-state index contributed by atoms with van der Waals surface area (Å²) in [6.07, 6.45) is 0.937. The van der Waals surface area contributed by atoms with Gasteiger partial charge >= 0.3 is 0 Å². The molecule has 1 atom stereocenters. The van der Waals surface area contributed by atoms with Gasteiger partial charge in [0.25, 0.3) is 5.91 Å². The largest absolute Gasteiger partial charge is 0.508 e. The molecule has 30 heavy (non-hydrogen) atoms. The van der Waals surface area contributed by atoms with Crippen molar-refractivity contribution in [3.05, 3.63) is 47.5 Å². The van der Waals surface area contributed by atoms with Crippen LogP contribution in [-0.2, 0) is 17.8 Å². The lowest BCUT2D eigenvalue weighted by Crippen LogP contribution is -3.12. The lowest BCUT2D eigenvalue weighted by Gasteiger charge is -2.36. The molecule has 2 aromatic carbocycles. The topological polar surface area (TPSA) is 66.7 Å². The SMILES string of the molecule is COc1cc2c(cc1OC)C[NH+](CC(=O)N1CCN(c3ccc(O)cc3)CC1)CC2. The maximum atomic E-state index is 12.9. The molecule has 7 heteroatoms. The van der Waals surface area contributed by atoms with Crippen molar-refractivity contribution in [2.75, 3.05) is 58.4 Å². The molecule has 2 aliphatic rings. The fraction of sp³-hybridized carbons (Fsp3) is 0.435. The van der Waals surface area contributed by atoms with E-state index in [-0.39, 0.29) is 11.7 Å². The minimum atomic E-state index is 0.222. The maximum absolute atomic E-state index is 12.9. The number of ether oxygens (including phenoxy) is 2. The van der Waals surface area contributed by atoms with Gasteiger partial charge in [0.05, 0.1) is 20.8 Å². The predicted molar refractivity (Wildman–Crippen MR) is 115 cm³/mol. The van der Waals surface area contributed by atoms with E-state index in [1.165, 1.54) is 16.0 Å². The van der Waals surface area contributed by atoms with Gasteiger partial charge in [-0.2, -0.15) is 0 Å². The Hall–Kier alpha value is -2.93. The molecular weight excluding hydrogens is 382 g/mol. The molecule has 0 saturated carbocycles. The molecule has 2 N–H and O–H groups in total. The van der Waals surface area contributed by atoms with Gasteiger partial charge < -0.3 is 29.3 Å². The van der Waals surface area contributed by atoms with Crippen LogP contribution in [-0.4, -0.2) is 69.4 Å². The van der Waals surface area contributed by atoms with Crippen molar-refractivity contribution in [3.63, 3.8) is 0 Å². The van der Waals surface area contributed by atoms with Crippen LogP contribution < -0.4 is 19.3 Å². The first-order valence-electron chi connectivity index (χ1n) is 10.5. The fourth-order valence-corrected chi connectivity index (χ4v) is 4.38. The van der Waals surface area contributed by atoms with Crippen LogP contribution >= 0.6 is 0 Å². The van der Waals surface area contributed by atoms with Gasteiger partial charge in [-0.3, -0.25) is 4.79 Å². The lowest BCUT2D eigenvalue weighted by atomic mass is 9.98. The molecule has 7 nitrogen and oxygen atoms in total. The van der Waals surface area contributed by atoms with Crippen molar-refractivity contribution >= 4 is 11.6 Å². The number of nitrogens with one attached hydrogen (secondary N) is 1. The van der Waals surface area contributed by atoms with Crippen molar-refractivity contribution in [1.82, 2.24) is 4.90 Å². The number of hydrogen-bond acceptors (Lipinski definition) is 5. The molecular formula is C23H30N3O4+. The van der Waals surface area contributed by atoms with Crippen LogP contribution in [0.15, 0.2) is 36.4 Å². The summed E-state index contributed by atoms with van der Waals surface area (Å²) in [5, 5.41) is 9.46. The van der Waals surface area contributed by atoms with Crippen LogP contribution in [0.5, 0.6) is 17.2 Å². The molecule has 0 aliphatic carbocycles. The van der Waals surface area contributed by atoms with Gasteiger partial charge in [-0.15, -0.1) is 0 Å². The van der Waals surface area contributed by atoms with Crippen LogP contribution in [0.25, 0.3) is 0 Å². The third kappa shape index (κ3) is 4.31. The number of rotatable bonds is 5. The van der Waals surface area contributed by atoms with E-state index in [0.29, 0.717) is 6.54 Å². The monoisotopic (exact) mass is 412 g/mol. The van der Waals surface area contributed by atoms with Crippen LogP contribution in [0.2, 0.25) is 0 Å². The summed E-state index contributed by atoms with van der Waals surface area (Å²) in [6, 6.07) is 11.4. The number of hydrogen-bond donors (Lipinski definition) is 2. The Morgan fingerprint density at radius 2 is 1.63 bits per heavy atom. The summed E-state index contributed by atoms with van der Waals surface area (Å²) in [4.78, 5) is 18.4. The van der Waals surface area contributed by atoms with Crippen molar-refractivity contribution in [1.29, 1.82) is 0 Å². The summed E-state index contributed by atoms with van der Waals surface area (Å²) in [6.45, 7) is 5.38. The minimum Gasteiger partial charge on any atom is -0.508 e. The first-order chi connectivity index (χ1) is 14.6. The molecule has 2 heterocycles. The third-order valence-corrected chi connectivity index (χ3v) is 6.14. The number of carbonyl (C=O) groups excluding carboxylic acids is 1. The lowest BCUT2D eigenvalue weighted by molar-refractivity contribution is -0.908. The minimum absolute atomic E-state index is 0.222. The fourth-order valence-electron chi connectivity index (χ4n) is 4.38. The second-order valence-corrected chi connectivity index (χ2v) is 7.96. The molecule has 0 bridgehead atoms. The van der Waals surface area contributed by atoms with Gasteiger partial charge in [0.1, 0.15) is 12.3 Å². The Morgan fingerprint density at radius 3 is 2.27 bits per heavy atom. The number of piperazine rings is 1. The highest BCUT2D eigenvalue weighted by molar-refractivity contribution is 5.77. The Labute approximate surface area is 177 Å². The molecule has 0 radical (unpaired) electrons. The average molecular weight is 413 g/mol. The highest BCUT2D eigenvalue weighted by atomic mass is 16.5. The molecule has 1 fully saturated rings. The van der Waals surface area contributed by atoms with E-state index in [9.17, 15) is 9.90 Å². The molecule has 160 valence electrons. The number of benzene rings is 2. The summed E-state index contributed by atoms with van der Waals surface area (Å²) >= 11 is 0. The summed E-state index contributed by atoms with van der Waals surface area (Å²) in [5.41, 5.74) is 3.60. The molecule has 0 spiro atoms. The summed E-state index contributed by atoms with van der Waals surface area (Å²) < 4.78 is 10.8. The Balaban J connectivity index is 1.32. The molecule has 1 saturated heterocycles. The highest BCUT2D eigenvalue weighted by Crippen LogP contribution is 2.31. The second-order valence-electron chi connectivity index (χ2n) is 7.96. The van der Waals surface area contributed by atoms with Gasteiger partial charge in [0.15, 0.2) is 18.0 Å². The molecule has 2 aliphatic heterocycles. The number of quaternary nitrogens is 1. The van der Waals surface area contributed by atoms with Gasteiger partial charge in [-0.1, -0.05) is 0 Å². The predicted octanol–water partition coefficient (Wildman–Crippen LogP) is 0.699. The van der Waals surface area contributed by atoms with Crippen LogP contribution in [0.3, 0.4) is 0 Å². The Bertz CT molecular complexity index is 892. The number of carbonyl (C=O) groups is 1. The Morgan fingerprint density at radius 1 is 1.00 bits per heavy atom.